The van der Waals surface area contributed by atoms with Crippen LogP contribution < -0.4 is 0 Å². The molecule has 8 heteroatoms. The molecule has 100 valence electrons. The van der Waals surface area contributed by atoms with Gasteiger partial charge in [-0.2, -0.15) is 4.91 Å². The van der Waals surface area contributed by atoms with Crippen molar-refractivity contribution >= 4 is 22.0 Å². The zero-order valence-corrected chi connectivity index (χ0v) is 10.9. The third-order valence-electron chi connectivity index (χ3n) is 2.89. The SMILES string of the molecule is O=NCc1csc2nc(-c3ccccc3[N+](=O)[O-])cn12. The molecule has 1 aromatic carbocycles. The number of hydrogen-bond donors (Lipinski definition) is 0. The first-order chi connectivity index (χ1) is 9.70. The Balaban J connectivity index is 2.15. The molecular weight excluding hydrogens is 280 g/mol. The van der Waals surface area contributed by atoms with Gasteiger partial charge >= 0.3 is 0 Å². The highest BCUT2D eigenvalue weighted by Gasteiger charge is 2.18. The highest BCUT2D eigenvalue weighted by atomic mass is 32.1. The maximum atomic E-state index is 11.0. The van der Waals surface area contributed by atoms with E-state index in [9.17, 15) is 15.0 Å². The first kappa shape index (κ1) is 12.4. The fourth-order valence-corrected chi connectivity index (χ4v) is 2.85. The highest BCUT2D eigenvalue weighted by molar-refractivity contribution is 7.15. The maximum absolute atomic E-state index is 11.0. The molecule has 0 saturated heterocycles. The first-order valence-electron chi connectivity index (χ1n) is 5.69. The largest absolute Gasteiger partial charge is 0.292 e. The highest BCUT2D eigenvalue weighted by Crippen LogP contribution is 2.30. The standard InChI is InChI=1S/C12H8N4O3S/c17-13-5-8-7-20-12-14-10(6-15(8)12)9-3-1-2-4-11(9)16(18)19/h1-4,6-7H,5H2. The van der Waals surface area contributed by atoms with Crippen LogP contribution in [-0.2, 0) is 6.54 Å². The number of rotatable bonds is 4. The summed E-state index contributed by atoms with van der Waals surface area (Å²) in [4.78, 5) is 26.0. The minimum atomic E-state index is -0.434. The van der Waals surface area contributed by atoms with Crippen LogP contribution in [0.1, 0.15) is 5.69 Å². The number of fused-ring (bicyclic) bond motifs is 1. The van der Waals surface area contributed by atoms with Crippen molar-refractivity contribution in [3.05, 3.63) is 56.6 Å². The van der Waals surface area contributed by atoms with Crippen molar-refractivity contribution in [2.75, 3.05) is 0 Å². The normalized spacial score (nSPS) is 10.8. The van der Waals surface area contributed by atoms with Crippen LogP contribution in [0.4, 0.5) is 5.69 Å². The average Bonchev–Trinajstić information content (AvgIpc) is 3.01. The van der Waals surface area contributed by atoms with Crippen molar-refractivity contribution in [1.82, 2.24) is 9.38 Å². The van der Waals surface area contributed by atoms with Crippen LogP contribution >= 0.6 is 11.3 Å². The summed E-state index contributed by atoms with van der Waals surface area (Å²) in [5, 5.41) is 15.7. The zero-order chi connectivity index (χ0) is 14.1. The molecule has 3 rings (SSSR count). The summed E-state index contributed by atoms with van der Waals surface area (Å²) in [6, 6.07) is 6.43. The Labute approximate surface area is 116 Å². The fourth-order valence-electron chi connectivity index (χ4n) is 1.99. The van der Waals surface area contributed by atoms with Gasteiger partial charge in [0, 0.05) is 17.6 Å². The number of nitro benzene ring substituents is 1. The molecule has 0 spiro atoms. The molecule has 2 heterocycles. The fraction of sp³-hybridized carbons (Fsp3) is 0.0833. The van der Waals surface area contributed by atoms with E-state index in [4.69, 9.17) is 0 Å². The molecule has 0 radical (unpaired) electrons. The third-order valence-corrected chi connectivity index (χ3v) is 3.78. The molecule has 0 aliphatic heterocycles. The molecule has 2 aromatic heterocycles. The van der Waals surface area contributed by atoms with E-state index in [-0.39, 0.29) is 12.2 Å². The van der Waals surface area contributed by atoms with Gasteiger partial charge in [-0.15, -0.1) is 11.3 Å². The van der Waals surface area contributed by atoms with Crippen LogP contribution in [0.3, 0.4) is 0 Å². The Hall–Kier alpha value is -2.61. The van der Waals surface area contributed by atoms with E-state index in [0.717, 1.165) is 5.69 Å². The average molecular weight is 288 g/mol. The molecule has 20 heavy (non-hydrogen) atoms. The van der Waals surface area contributed by atoms with Gasteiger partial charge in [-0.3, -0.25) is 14.5 Å². The lowest BCUT2D eigenvalue weighted by atomic mass is 10.1. The number of hydrogen-bond acceptors (Lipinski definition) is 6. The van der Waals surface area contributed by atoms with Crippen molar-refractivity contribution in [3.8, 4) is 11.3 Å². The van der Waals surface area contributed by atoms with Crippen molar-refractivity contribution < 1.29 is 4.92 Å². The van der Waals surface area contributed by atoms with Gasteiger partial charge in [0.05, 0.1) is 21.9 Å². The van der Waals surface area contributed by atoms with Crippen LogP contribution in [0.5, 0.6) is 0 Å². The number of aromatic nitrogens is 2. The van der Waals surface area contributed by atoms with Crippen LogP contribution in [0, 0.1) is 15.0 Å². The quantitative estimate of drug-likeness (QED) is 0.418. The predicted octanol–water partition coefficient (Wildman–Crippen LogP) is 3.24. The number of para-hydroxylation sites is 1. The first-order valence-corrected chi connectivity index (χ1v) is 6.57. The summed E-state index contributed by atoms with van der Waals surface area (Å²) in [6.45, 7) is 0.0483. The van der Waals surface area contributed by atoms with Gasteiger partial charge in [-0.05, 0) is 6.07 Å². The molecule has 7 nitrogen and oxygen atoms in total. The maximum Gasteiger partial charge on any atom is 0.278 e. The summed E-state index contributed by atoms with van der Waals surface area (Å²) < 4.78 is 1.73. The summed E-state index contributed by atoms with van der Waals surface area (Å²) in [7, 11) is 0. The van der Waals surface area contributed by atoms with Crippen LogP contribution in [0.25, 0.3) is 16.2 Å². The molecule has 0 unspecified atom stereocenters. The Morgan fingerprint density at radius 1 is 1.40 bits per heavy atom. The number of thiazole rings is 1. The van der Waals surface area contributed by atoms with Gasteiger partial charge in [-0.25, -0.2) is 4.98 Å². The van der Waals surface area contributed by atoms with Gasteiger partial charge in [0.25, 0.3) is 5.69 Å². The lowest BCUT2D eigenvalue weighted by molar-refractivity contribution is -0.384. The number of nitro groups is 1. The second kappa shape index (κ2) is 4.82. The predicted molar refractivity (Wildman–Crippen MR) is 74.7 cm³/mol. The number of benzene rings is 1. The molecule has 0 N–H and O–H groups in total. The topological polar surface area (TPSA) is 89.9 Å². The monoisotopic (exact) mass is 288 g/mol. The number of nitrogens with zero attached hydrogens (tertiary/aromatic N) is 4. The van der Waals surface area contributed by atoms with E-state index >= 15 is 0 Å². The molecule has 0 fully saturated rings. The van der Waals surface area contributed by atoms with E-state index < -0.39 is 4.92 Å². The van der Waals surface area contributed by atoms with Crippen molar-refractivity contribution in [2.45, 2.75) is 6.54 Å². The van der Waals surface area contributed by atoms with Crippen LogP contribution in [-0.4, -0.2) is 14.3 Å². The molecule has 0 atom stereocenters. The summed E-state index contributed by atoms with van der Waals surface area (Å²) >= 11 is 1.37. The second-order valence-electron chi connectivity index (χ2n) is 4.07. The van der Waals surface area contributed by atoms with Crippen molar-refractivity contribution in [1.29, 1.82) is 0 Å². The minimum absolute atomic E-state index is 0.00770. The molecule has 0 bridgehead atoms. The van der Waals surface area contributed by atoms with Crippen LogP contribution in [0.15, 0.2) is 41.0 Å². The van der Waals surface area contributed by atoms with E-state index in [1.54, 1.807) is 34.2 Å². The van der Waals surface area contributed by atoms with E-state index in [0.29, 0.717) is 16.2 Å². The zero-order valence-electron chi connectivity index (χ0n) is 10.1. The van der Waals surface area contributed by atoms with Gasteiger partial charge in [-0.1, -0.05) is 17.3 Å². The molecule has 0 saturated carbocycles. The second-order valence-corrected chi connectivity index (χ2v) is 4.90. The van der Waals surface area contributed by atoms with Crippen molar-refractivity contribution in [2.24, 2.45) is 5.18 Å². The van der Waals surface area contributed by atoms with Gasteiger partial charge < -0.3 is 0 Å². The van der Waals surface area contributed by atoms with E-state index in [2.05, 4.69) is 10.2 Å². The van der Waals surface area contributed by atoms with Crippen LogP contribution in [0.2, 0.25) is 0 Å². The molecule has 0 aliphatic rings. The molecule has 0 amide bonds. The Kier molecular flexibility index (Phi) is 2.99. The molecule has 0 aliphatic carbocycles. The Bertz CT molecular complexity index is 808. The van der Waals surface area contributed by atoms with Gasteiger partial charge in [0.15, 0.2) is 4.96 Å². The number of nitroso groups, excluding NO2 is 1. The Morgan fingerprint density at radius 2 is 2.20 bits per heavy atom. The summed E-state index contributed by atoms with van der Waals surface area (Å²) in [6.07, 6.45) is 1.69. The minimum Gasteiger partial charge on any atom is -0.292 e. The van der Waals surface area contributed by atoms with Gasteiger partial charge in [0.1, 0.15) is 6.54 Å². The smallest absolute Gasteiger partial charge is 0.278 e. The molecule has 3 aromatic rings. The summed E-state index contributed by atoms with van der Waals surface area (Å²) in [5.74, 6) is 0. The van der Waals surface area contributed by atoms with E-state index in [1.165, 1.54) is 17.4 Å². The lowest BCUT2D eigenvalue weighted by Crippen LogP contribution is -1.91. The van der Waals surface area contributed by atoms with Crippen molar-refractivity contribution in [3.63, 3.8) is 0 Å². The molecular formula is C12H8N4O3S. The number of imidazole rings is 1. The lowest BCUT2D eigenvalue weighted by Gasteiger charge is -1.98. The van der Waals surface area contributed by atoms with Gasteiger partial charge in [0.2, 0.25) is 0 Å². The summed E-state index contributed by atoms with van der Waals surface area (Å²) in [5.41, 5.74) is 1.69. The van der Waals surface area contributed by atoms with E-state index in [1.807, 2.05) is 0 Å². The third kappa shape index (κ3) is 1.95. The Morgan fingerprint density at radius 3 is 2.95 bits per heavy atom.